The molecule has 0 bridgehead atoms. The van der Waals surface area contributed by atoms with Crippen molar-refractivity contribution in [1.82, 2.24) is 14.5 Å². The van der Waals surface area contributed by atoms with Crippen molar-refractivity contribution in [3.8, 4) is 5.69 Å². The van der Waals surface area contributed by atoms with E-state index in [1.807, 2.05) is 30.3 Å². The summed E-state index contributed by atoms with van der Waals surface area (Å²) in [5.41, 5.74) is 3.69. The monoisotopic (exact) mass is 506 g/mol. The predicted molar refractivity (Wildman–Crippen MR) is 132 cm³/mol. The van der Waals surface area contributed by atoms with Crippen LogP contribution >= 0.6 is 15.9 Å². The zero-order valence-corrected chi connectivity index (χ0v) is 19.6. The molecular weight excluding hydrogens is 483 g/mol. The van der Waals surface area contributed by atoms with Crippen LogP contribution < -0.4 is 5.32 Å². The SMILES string of the molecule is O=C(Nc1ccc(F)cc1)[C@@H]1CCCN(Cc2nc3ccccc3n2-c2cccc(Br)c2)C1. The van der Waals surface area contributed by atoms with Crippen molar-refractivity contribution in [1.29, 1.82) is 0 Å². The zero-order valence-electron chi connectivity index (χ0n) is 18.0. The molecule has 4 aromatic rings. The van der Waals surface area contributed by atoms with Gasteiger partial charge in [-0.25, -0.2) is 9.37 Å². The van der Waals surface area contributed by atoms with E-state index in [9.17, 15) is 9.18 Å². The minimum Gasteiger partial charge on any atom is -0.326 e. The Balaban J connectivity index is 1.37. The summed E-state index contributed by atoms with van der Waals surface area (Å²) in [5.74, 6) is 0.498. The number of piperidine rings is 1. The molecule has 1 saturated heterocycles. The molecule has 0 spiro atoms. The number of aromatic nitrogens is 2. The van der Waals surface area contributed by atoms with Gasteiger partial charge in [0.1, 0.15) is 11.6 Å². The minimum absolute atomic E-state index is 0.0215. The summed E-state index contributed by atoms with van der Waals surface area (Å²) < 4.78 is 16.4. The molecule has 1 aromatic heterocycles. The number of carbonyl (C=O) groups is 1. The molecule has 1 N–H and O–H groups in total. The number of imidazole rings is 1. The van der Waals surface area contributed by atoms with E-state index in [4.69, 9.17) is 4.98 Å². The third kappa shape index (κ3) is 4.84. The van der Waals surface area contributed by atoms with Gasteiger partial charge in [0.15, 0.2) is 0 Å². The van der Waals surface area contributed by atoms with Gasteiger partial charge in [-0.2, -0.15) is 0 Å². The first-order valence-corrected chi connectivity index (χ1v) is 11.9. The molecule has 1 fully saturated rings. The second-order valence-electron chi connectivity index (χ2n) is 8.40. The number of fused-ring (bicyclic) bond motifs is 1. The number of nitrogens with zero attached hydrogens (tertiary/aromatic N) is 3. The smallest absolute Gasteiger partial charge is 0.228 e. The fourth-order valence-corrected chi connectivity index (χ4v) is 4.86. The molecular formula is C26H24BrFN4O. The highest BCUT2D eigenvalue weighted by atomic mass is 79.9. The fraction of sp³-hybridized carbons (Fsp3) is 0.231. The Labute approximate surface area is 200 Å². The van der Waals surface area contributed by atoms with Gasteiger partial charge in [-0.15, -0.1) is 0 Å². The Hall–Kier alpha value is -3.03. The highest BCUT2D eigenvalue weighted by Crippen LogP contribution is 2.26. The molecule has 1 aliphatic rings. The Morgan fingerprint density at radius 2 is 1.91 bits per heavy atom. The number of hydrogen-bond acceptors (Lipinski definition) is 3. The number of nitrogens with one attached hydrogen (secondary N) is 1. The van der Waals surface area contributed by atoms with Crippen LogP contribution in [0.1, 0.15) is 18.7 Å². The average Bonchev–Trinajstić information content (AvgIpc) is 3.18. The van der Waals surface area contributed by atoms with E-state index in [1.165, 1.54) is 12.1 Å². The van der Waals surface area contributed by atoms with E-state index < -0.39 is 0 Å². The summed E-state index contributed by atoms with van der Waals surface area (Å²) in [6.45, 7) is 2.23. The molecule has 0 aliphatic carbocycles. The lowest BCUT2D eigenvalue weighted by Gasteiger charge is -2.31. The summed E-state index contributed by atoms with van der Waals surface area (Å²) >= 11 is 3.58. The molecule has 1 atom stereocenters. The molecule has 5 nitrogen and oxygen atoms in total. The lowest BCUT2D eigenvalue weighted by Crippen LogP contribution is -2.40. The molecule has 1 amide bonds. The van der Waals surface area contributed by atoms with Gasteiger partial charge in [0.2, 0.25) is 5.91 Å². The van der Waals surface area contributed by atoms with Gasteiger partial charge in [-0.1, -0.05) is 34.1 Å². The van der Waals surface area contributed by atoms with Crippen molar-refractivity contribution < 1.29 is 9.18 Å². The molecule has 0 radical (unpaired) electrons. The van der Waals surface area contributed by atoms with E-state index in [0.717, 1.165) is 46.4 Å². The first-order chi connectivity index (χ1) is 16.1. The third-order valence-corrected chi connectivity index (χ3v) is 6.54. The molecule has 168 valence electrons. The second-order valence-corrected chi connectivity index (χ2v) is 9.32. The number of halogens is 2. The van der Waals surface area contributed by atoms with Crippen LogP contribution in [0.2, 0.25) is 0 Å². The summed E-state index contributed by atoms with van der Waals surface area (Å²) in [6, 6.07) is 22.2. The topological polar surface area (TPSA) is 50.2 Å². The standard InChI is InChI=1S/C26H24BrFN4O/c27-19-6-3-7-22(15-19)32-24-9-2-1-8-23(24)30-25(32)17-31-14-4-5-18(16-31)26(33)29-21-12-10-20(28)11-13-21/h1-3,6-13,15,18H,4-5,14,16-17H2,(H,29,33)/t18-/m1/s1. The maximum atomic E-state index is 13.2. The van der Waals surface area contributed by atoms with Gasteiger partial charge in [-0.05, 0) is 74.0 Å². The summed E-state index contributed by atoms with van der Waals surface area (Å²) in [4.78, 5) is 20.1. The number of amides is 1. The normalized spacial score (nSPS) is 16.7. The van der Waals surface area contributed by atoms with Gasteiger partial charge in [0, 0.05) is 22.4 Å². The van der Waals surface area contributed by atoms with Crippen molar-refractivity contribution in [3.05, 3.63) is 88.9 Å². The van der Waals surface area contributed by atoms with Crippen molar-refractivity contribution >= 4 is 38.6 Å². The van der Waals surface area contributed by atoms with Crippen LogP contribution in [0.3, 0.4) is 0 Å². The van der Waals surface area contributed by atoms with E-state index >= 15 is 0 Å². The first kappa shape index (κ1) is 21.8. The van der Waals surface area contributed by atoms with Crippen LogP contribution in [-0.2, 0) is 11.3 Å². The lowest BCUT2D eigenvalue weighted by molar-refractivity contribution is -0.121. The van der Waals surface area contributed by atoms with Crippen molar-refractivity contribution in [2.24, 2.45) is 5.92 Å². The van der Waals surface area contributed by atoms with Gasteiger partial charge < -0.3 is 5.32 Å². The second kappa shape index (κ2) is 9.45. The van der Waals surface area contributed by atoms with Gasteiger partial charge in [-0.3, -0.25) is 14.3 Å². The molecule has 1 aliphatic heterocycles. The third-order valence-electron chi connectivity index (χ3n) is 6.05. The number of anilines is 1. The molecule has 7 heteroatoms. The Bertz CT molecular complexity index is 1290. The maximum Gasteiger partial charge on any atom is 0.228 e. The Kier molecular flexibility index (Phi) is 6.24. The molecule has 2 heterocycles. The van der Waals surface area contributed by atoms with E-state index in [2.05, 4.69) is 48.9 Å². The van der Waals surface area contributed by atoms with Crippen LogP contribution in [-0.4, -0.2) is 33.4 Å². The average molecular weight is 507 g/mol. The fourth-order valence-electron chi connectivity index (χ4n) is 4.48. The number of hydrogen-bond donors (Lipinski definition) is 1. The molecule has 3 aromatic carbocycles. The highest BCUT2D eigenvalue weighted by molar-refractivity contribution is 9.10. The summed E-state index contributed by atoms with van der Waals surface area (Å²) in [6.07, 6.45) is 1.78. The first-order valence-electron chi connectivity index (χ1n) is 11.1. The van der Waals surface area contributed by atoms with E-state index in [0.29, 0.717) is 18.8 Å². The van der Waals surface area contributed by atoms with Gasteiger partial charge in [0.25, 0.3) is 0 Å². The van der Waals surface area contributed by atoms with Crippen molar-refractivity contribution in [2.45, 2.75) is 19.4 Å². The maximum absolute atomic E-state index is 13.2. The van der Waals surface area contributed by atoms with Crippen LogP contribution in [0.25, 0.3) is 16.7 Å². The van der Waals surface area contributed by atoms with Crippen LogP contribution in [0.4, 0.5) is 10.1 Å². The number of carbonyl (C=O) groups excluding carboxylic acids is 1. The Morgan fingerprint density at radius 3 is 2.73 bits per heavy atom. The van der Waals surface area contributed by atoms with Gasteiger partial charge >= 0.3 is 0 Å². The number of rotatable bonds is 5. The Morgan fingerprint density at radius 1 is 1.09 bits per heavy atom. The number of likely N-dealkylation sites (tertiary alicyclic amines) is 1. The quantitative estimate of drug-likeness (QED) is 0.373. The highest BCUT2D eigenvalue weighted by Gasteiger charge is 2.27. The van der Waals surface area contributed by atoms with E-state index in [1.54, 1.807) is 12.1 Å². The lowest BCUT2D eigenvalue weighted by atomic mass is 9.97. The van der Waals surface area contributed by atoms with E-state index in [-0.39, 0.29) is 17.6 Å². The molecule has 33 heavy (non-hydrogen) atoms. The van der Waals surface area contributed by atoms with Crippen LogP contribution in [0, 0.1) is 11.7 Å². The predicted octanol–water partition coefficient (Wildman–Crippen LogP) is 5.78. The minimum atomic E-state index is -0.315. The van der Waals surface area contributed by atoms with Crippen LogP contribution in [0.5, 0.6) is 0 Å². The van der Waals surface area contributed by atoms with Gasteiger partial charge in [0.05, 0.1) is 23.5 Å². The number of para-hydroxylation sites is 2. The number of benzene rings is 3. The molecule has 0 saturated carbocycles. The van der Waals surface area contributed by atoms with Crippen molar-refractivity contribution in [2.75, 3.05) is 18.4 Å². The largest absolute Gasteiger partial charge is 0.326 e. The molecule has 5 rings (SSSR count). The summed E-state index contributed by atoms with van der Waals surface area (Å²) in [5, 5.41) is 2.93. The zero-order chi connectivity index (χ0) is 22.8. The van der Waals surface area contributed by atoms with Crippen LogP contribution in [0.15, 0.2) is 77.3 Å². The summed E-state index contributed by atoms with van der Waals surface area (Å²) in [7, 11) is 0. The van der Waals surface area contributed by atoms with Crippen molar-refractivity contribution in [3.63, 3.8) is 0 Å². The molecule has 0 unspecified atom stereocenters.